The molecule has 1 atom stereocenters. The summed E-state index contributed by atoms with van der Waals surface area (Å²) in [7, 11) is 0. The summed E-state index contributed by atoms with van der Waals surface area (Å²) in [6, 6.07) is 7.85. The Hall–Kier alpha value is -1.75. The van der Waals surface area contributed by atoms with Crippen LogP contribution in [0.5, 0.6) is 0 Å². The number of rotatable bonds is 2. The Labute approximate surface area is 125 Å². The number of hydrogen-bond donors (Lipinski definition) is 2. The minimum Gasteiger partial charge on any atom is -0.391 e. The van der Waals surface area contributed by atoms with Gasteiger partial charge in [0, 0.05) is 26.2 Å². The molecule has 2 heterocycles. The fourth-order valence-corrected chi connectivity index (χ4v) is 3.15. The number of nitrogens with zero attached hydrogens (tertiary/aromatic N) is 2. The van der Waals surface area contributed by atoms with Crippen LogP contribution < -0.4 is 10.2 Å². The number of para-hydroxylation sites is 2. The zero-order chi connectivity index (χ0) is 14.7. The normalized spacial score (nSPS) is 22.4. The molecule has 0 spiro atoms. The third kappa shape index (κ3) is 3.29. The van der Waals surface area contributed by atoms with Gasteiger partial charge in [0.1, 0.15) is 0 Å². The molecule has 0 aliphatic carbocycles. The number of carbonyl (C=O) groups is 1. The van der Waals surface area contributed by atoms with Crippen molar-refractivity contribution in [1.82, 2.24) is 4.90 Å². The molecule has 5 heteroatoms. The molecule has 1 aromatic rings. The molecular weight excluding hydrogens is 266 g/mol. The summed E-state index contributed by atoms with van der Waals surface area (Å²) < 4.78 is 0. The molecule has 2 saturated heterocycles. The van der Waals surface area contributed by atoms with E-state index in [-0.39, 0.29) is 6.03 Å². The molecule has 0 saturated carbocycles. The van der Waals surface area contributed by atoms with Gasteiger partial charge in [0.15, 0.2) is 0 Å². The van der Waals surface area contributed by atoms with Gasteiger partial charge in [-0.2, -0.15) is 0 Å². The number of urea groups is 1. The maximum absolute atomic E-state index is 12.4. The van der Waals surface area contributed by atoms with E-state index in [0.717, 1.165) is 43.9 Å². The third-order valence-electron chi connectivity index (χ3n) is 4.28. The molecule has 0 aromatic heterocycles. The number of anilines is 2. The van der Waals surface area contributed by atoms with Crippen LogP contribution in [0.4, 0.5) is 16.2 Å². The maximum Gasteiger partial charge on any atom is 0.321 e. The highest BCUT2D eigenvalue weighted by Crippen LogP contribution is 2.29. The topological polar surface area (TPSA) is 55.8 Å². The molecule has 0 bridgehead atoms. The zero-order valence-corrected chi connectivity index (χ0v) is 12.3. The highest BCUT2D eigenvalue weighted by Gasteiger charge is 2.23. The van der Waals surface area contributed by atoms with Crippen molar-refractivity contribution in [3.63, 3.8) is 0 Å². The molecule has 1 unspecified atom stereocenters. The number of benzene rings is 1. The lowest BCUT2D eigenvalue weighted by Crippen LogP contribution is -2.44. The standard InChI is InChI=1S/C16H23N3O2/c20-13-6-5-11-19(12-13)16(21)17-14-7-1-2-8-15(14)18-9-3-4-10-18/h1-2,7-8,13,20H,3-6,9-12H2,(H,17,21). The summed E-state index contributed by atoms with van der Waals surface area (Å²) in [5, 5.41) is 12.7. The predicted molar refractivity (Wildman–Crippen MR) is 83.7 cm³/mol. The SMILES string of the molecule is O=C(Nc1ccccc1N1CCCC1)N1CCCC(O)C1. The summed E-state index contributed by atoms with van der Waals surface area (Å²) in [6.45, 7) is 3.25. The molecule has 2 fully saturated rings. The highest BCUT2D eigenvalue weighted by atomic mass is 16.3. The lowest BCUT2D eigenvalue weighted by molar-refractivity contribution is 0.0883. The second kappa shape index (κ2) is 6.35. The van der Waals surface area contributed by atoms with Crippen LogP contribution in [0.25, 0.3) is 0 Å². The van der Waals surface area contributed by atoms with Crippen molar-refractivity contribution in [3.8, 4) is 0 Å². The number of β-amino-alcohol motifs (C(OH)–C–C–N with tert-alkyl or cyclic N) is 1. The van der Waals surface area contributed by atoms with Crippen LogP contribution in [0.2, 0.25) is 0 Å². The summed E-state index contributed by atoms with van der Waals surface area (Å²) in [5.74, 6) is 0. The first-order valence-corrected chi connectivity index (χ1v) is 7.82. The Morgan fingerprint density at radius 1 is 1.14 bits per heavy atom. The Balaban J connectivity index is 1.70. The van der Waals surface area contributed by atoms with Gasteiger partial charge >= 0.3 is 6.03 Å². The molecule has 21 heavy (non-hydrogen) atoms. The summed E-state index contributed by atoms with van der Waals surface area (Å²) in [5.41, 5.74) is 1.96. The van der Waals surface area contributed by atoms with Crippen molar-refractivity contribution in [2.24, 2.45) is 0 Å². The first kappa shape index (κ1) is 14.2. The molecule has 2 aliphatic heterocycles. The number of piperidine rings is 1. The van der Waals surface area contributed by atoms with Crippen molar-refractivity contribution in [2.45, 2.75) is 31.8 Å². The van der Waals surface area contributed by atoms with Crippen molar-refractivity contribution in [1.29, 1.82) is 0 Å². The number of aliphatic hydroxyl groups is 1. The van der Waals surface area contributed by atoms with Crippen LogP contribution >= 0.6 is 0 Å². The van der Waals surface area contributed by atoms with E-state index in [1.807, 2.05) is 18.2 Å². The quantitative estimate of drug-likeness (QED) is 0.878. The van der Waals surface area contributed by atoms with Gasteiger partial charge in [-0.05, 0) is 37.8 Å². The monoisotopic (exact) mass is 289 g/mol. The van der Waals surface area contributed by atoms with Crippen molar-refractivity contribution < 1.29 is 9.90 Å². The number of likely N-dealkylation sites (tertiary alicyclic amines) is 1. The summed E-state index contributed by atoms with van der Waals surface area (Å²) in [6.07, 6.45) is 3.68. The van der Waals surface area contributed by atoms with Crippen LogP contribution in [0.1, 0.15) is 25.7 Å². The van der Waals surface area contributed by atoms with Crippen molar-refractivity contribution >= 4 is 17.4 Å². The van der Waals surface area contributed by atoms with Gasteiger partial charge in [-0.1, -0.05) is 12.1 Å². The van der Waals surface area contributed by atoms with E-state index in [1.54, 1.807) is 4.90 Å². The molecule has 2 amide bonds. The first-order valence-electron chi connectivity index (χ1n) is 7.82. The number of aliphatic hydroxyl groups excluding tert-OH is 1. The van der Waals surface area contributed by atoms with Gasteiger partial charge in [-0.15, -0.1) is 0 Å². The van der Waals surface area contributed by atoms with E-state index in [1.165, 1.54) is 12.8 Å². The Morgan fingerprint density at radius 3 is 2.67 bits per heavy atom. The largest absolute Gasteiger partial charge is 0.391 e. The molecule has 1 aromatic carbocycles. The number of nitrogens with one attached hydrogen (secondary N) is 1. The Kier molecular flexibility index (Phi) is 4.29. The molecular formula is C16H23N3O2. The number of hydrogen-bond acceptors (Lipinski definition) is 3. The average Bonchev–Trinajstić information content (AvgIpc) is 3.02. The van der Waals surface area contributed by atoms with E-state index in [4.69, 9.17) is 0 Å². The Bertz CT molecular complexity index is 500. The zero-order valence-electron chi connectivity index (χ0n) is 12.3. The number of amides is 2. The van der Waals surface area contributed by atoms with Crippen LogP contribution in [0, 0.1) is 0 Å². The van der Waals surface area contributed by atoms with E-state index in [9.17, 15) is 9.90 Å². The van der Waals surface area contributed by atoms with Gasteiger partial charge in [0.05, 0.1) is 17.5 Å². The van der Waals surface area contributed by atoms with Crippen LogP contribution in [-0.4, -0.2) is 48.3 Å². The summed E-state index contributed by atoms with van der Waals surface area (Å²) >= 11 is 0. The van der Waals surface area contributed by atoms with Gasteiger partial charge in [-0.25, -0.2) is 4.79 Å². The highest BCUT2D eigenvalue weighted by molar-refractivity contribution is 5.93. The van der Waals surface area contributed by atoms with E-state index >= 15 is 0 Å². The lowest BCUT2D eigenvalue weighted by Gasteiger charge is -2.31. The number of carbonyl (C=O) groups excluding carboxylic acids is 1. The van der Waals surface area contributed by atoms with Crippen LogP contribution in [-0.2, 0) is 0 Å². The fraction of sp³-hybridized carbons (Fsp3) is 0.562. The molecule has 5 nitrogen and oxygen atoms in total. The minimum absolute atomic E-state index is 0.111. The second-order valence-electron chi connectivity index (χ2n) is 5.88. The summed E-state index contributed by atoms with van der Waals surface area (Å²) in [4.78, 5) is 16.4. The second-order valence-corrected chi connectivity index (χ2v) is 5.88. The average molecular weight is 289 g/mol. The Morgan fingerprint density at radius 2 is 1.90 bits per heavy atom. The van der Waals surface area contributed by atoms with E-state index < -0.39 is 6.10 Å². The van der Waals surface area contributed by atoms with Gasteiger partial charge < -0.3 is 20.2 Å². The predicted octanol–water partition coefficient (Wildman–Crippen LogP) is 2.28. The van der Waals surface area contributed by atoms with Gasteiger partial charge in [-0.3, -0.25) is 0 Å². The fourth-order valence-electron chi connectivity index (χ4n) is 3.15. The van der Waals surface area contributed by atoms with Crippen molar-refractivity contribution in [3.05, 3.63) is 24.3 Å². The van der Waals surface area contributed by atoms with Gasteiger partial charge in [0.25, 0.3) is 0 Å². The van der Waals surface area contributed by atoms with Crippen LogP contribution in [0.15, 0.2) is 24.3 Å². The molecule has 114 valence electrons. The minimum atomic E-state index is -0.390. The molecule has 0 radical (unpaired) electrons. The van der Waals surface area contributed by atoms with E-state index in [2.05, 4.69) is 16.3 Å². The third-order valence-corrected chi connectivity index (χ3v) is 4.28. The van der Waals surface area contributed by atoms with E-state index in [0.29, 0.717) is 6.54 Å². The smallest absolute Gasteiger partial charge is 0.321 e. The van der Waals surface area contributed by atoms with Crippen molar-refractivity contribution in [2.75, 3.05) is 36.4 Å². The maximum atomic E-state index is 12.4. The molecule has 2 aliphatic rings. The van der Waals surface area contributed by atoms with Gasteiger partial charge in [0.2, 0.25) is 0 Å². The first-order chi connectivity index (χ1) is 10.2. The lowest BCUT2D eigenvalue weighted by atomic mass is 10.1. The molecule has 3 rings (SSSR count). The van der Waals surface area contributed by atoms with Crippen LogP contribution in [0.3, 0.4) is 0 Å². The molecule has 2 N–H and O–H groups in total.